The van der Waals surface area contributed by atoms with Gasteiger partial charge in [0, 0.05) is 12.1 Å². The largest absolute Gasteiger partial charge is 0.354 e. The molecule has 2 atom stereocenters. The standard InChI is InChI=1S/C21H25N3O3S/c1-3-15(2)19(21(25)22-14-13-16-9-5-4-6-10-16)23-20-17-11-7-8-12-18(17)28(26,27)24-20/h4-12,15,19H,3,13-14H2,1-2H3,(H,22,25)(H,23,24)/t15-,19-/m0/s1. The third kappa shape index (κ3) is 4.42. The molecule has 0 spiro atoms. The molecular formula is C21H25N3O3S. The number of amidine groups is 1. The van der Waals surface area contributed by atoms with Crippen LogP contribution in [-0.4, -0.2) is 32.7 Å². The van der Waals surface area contributed by atoms with Crippen LogP contribution in [-0.2, 0) is 21.2 Å². The molecule has 0 unspecified atom stereocenters. The van der Waals surface area contributed by atoms with Gasteiger partial charge in [-0.15, -0.1) is 0 Å². The molecule has 0 aliphatic carbocycles. The van der Waals surface area contributed by atoms with Gasteiger partial charge in [0.1, 0.15) is 11.9 Å². The molecule has 0 aromatic heterocycles. The minimum absolute atomic E-state index is 0.0264. The molecule has 1 amide bonds. The third-order valence-corrected chi connectivity index (χ3v) is 6.34. The Balaban J connectivity index is 1.77. The van der Waals surface area contributed by atoms with Crippen molar-refractivity contribution in [2.45, 2.75) is 37.6 Å². The predicted molar refractivity (Wildman–Crippen MR) is 110 cm³/mol. The van der Waals surface area contributed by atoms with Crippen molar-refractivity contribution in [1.29, 1.82) is 0 Å². The van der Waals surface area contributed by atoms with Gasteiger partial charge in [-0.3, -0.25) is 14.5 Å². The smallest absolute Gasteiger partial charge is 0.263 e. The number of nitrogens with one attached hydrogen (secondary N) is 2. The van der Waals surface area contributed by atoms with Crippen molar-refractivity contribution >= 4 is 21.8 Å². The van der Waals surface area contributed by atoms with Gasteiger partial charge in [0.2, 0.25) is 5.91 Å². The summed E-state index contributed by atoms with van der Waals surface area (Å²) in [5.41, 5.74) is 1.65. The number of benzene rings is 2. The Labute approximate surface area is 166 Å². The van der Waals surface area contributed by atoms with E-state index in [1.54, 1.807) is 24.3 Å². The van der Waals surface area contributed by atoms with E-state index in [1.165, 1.54) is 0 Å². The number of fused-ring (bicyclic) bond motifs is 1. The molecule has 0 radical (unpaired) electrons. The maximum atomic E-state index is 12.8. The monoisotopic (exact) mass is 399 g/mol. The Bertz CT molecular complexity index is 971. The fourth-order valence-electron chi connectivity index (χ4n) is 3.12. The van der Waals surface area contributed by atoms with Crippen LogP contribution in [0.2, 0.25) is 0 Å². The maximum Gasteiger partial charge on any atom is 0.263 e. The van der Waals surface area contributed by atoms with Crippen molar-refractivity contribution in [3.8, 4) is 0 Å². The van der Waals surface area contributed by atoms with Crippen molar-refractivity contribution in [2.75, 3.05) is 6.54 Å². The molecule has 2 N–H and O–H groups in total. The van der Waals surface area contributed by atoms with E-state index in [1.807, 2.05) is 44.2 Å². The van der Waals surface area contributed by atoms with E-state index in [0.717, 1.165) is 18.4 Å². The number of carbonyl (C=O) groups is 1. The molecule has 0 fully saturated rings. The maximum absolute atomic E-state index is 12.8. The molecule has 0 saturated carbocycles. The number of hydrogen-bond acceptors (Lipinski definition) is 4. The van der Waals surface area contributed by atoms with Crippen molar-refractivity contribution < 1.29 is 13.2 Å². The normalized spacial score (nSPS) is 18.1. The summed E-state index contributed by atoms with van der Waals surface area (Å²) in [6, 6.07) is 15.9. The zero-order valence-corrected chi connectivity index (χ0v) is 16.9. The highest BCUT2D eigenvalue weighted by atomic mass is 32.2. The first kappa shape index (κ1) is 20.1. The van der Waals surface area contributed by atoms with Gasteiger partial charge in [0.15, 0.2) is 0 Å². The average molecular weight is 400 g/mol. The lowest BCUT2D eigenvalue weighted by molar-refractivity contribution is -0.123. The number of amides is 1. The molecule has 0 bridgehead atoms. The van der Waals surface area contributed by atoms with Gasteiger partial charge in [-0.2, -0.15) is 0 Å². The highest BCUT2D eigenvalue weighted by Crippen LogP contribution is 2.24. The predicted octanol–water partition coefficient (Wildman–Crippen LogP) is 2.50. The Morgan fingerprint density at radius 1 is 1.11 bits per heavy atom. The first-order valence-electron chi connectivity index (χ1n) is 9.44. The molecule has 2 aromatic carbocycles. The summed E-state index contributed by atoms with van der Waals surface area (Å²) in [5.74, 6) is 0.0157. The number of hydrogen-bond donors (Lipinski definition) is 2. The van der Waals surface area contributed by atoms with Crippen LogP contribution in [0.5, 0.6) is 0 Å². The van der Waals surface area contributed by atoms with Crippen molar-refractivity contribution in [3.05, 3.63) is 65.7 Å². The van der Waals surface area contributed by atoms with Crippen LogP contribution in [0.15, 0.2) is 64.5 Å². The third-order valence-electron chi connectivity index (χ3n) is 4.94. The quantitative estimate of drug-likeness (QED) is 0.750. The van der Waals surface area contributed by atoms with Crippen LogP contribution in [0.3, 0.4) is 0 Å². The number of nitrogens with zero attached hydrogens (tertiary/aromatic N) is 1. The van der Waals surface area contributed by atoms with Crippen molar-refractivity contribution in [2.24, 2.45) is 10.9 Å². The Morgan fingerprint density at radius 3 is 2.50 bits per heavy atom. The highest BCUT2D eigenvalue weighted by molar-refractivity contribution is 7.90. The minimum atomic E-state index is -3.62. The first-order valence-corrected chi connectivity index (χ1v) is 10.9. The van der Waals surface area contributed by atoms with Gasteiger partial charge < -0.3 is 5.32 Å². The summed E-state index contributed by atoms with van der Waals surface area (Å²) in [6.45, 7) is 4.44. The van der Waals surface area contributed by atoms with Crippen LogP contribution in [0, 0.1) is 5.92 Å². The summed E-state index contributed by atoms with van der Waals surface area (Å²) < 4.78 is 27.1. The molecule has 1 aliphatic heterocycles. The van der Waals surface area contributed by atoms with E-state index in [4.69, 9.17) is 0 Å². The van der Waals surface area contributed by atoms with Crippen molar-refractivity contribution in [3.63, 3.8) is 0 Å². The van der Waals surface area contributed by atoms with E-state index in [-0.39, 0.29) is 22.6 Å². The highest BCUT2D eigenvalue weighted by Gasteiger charge is 2.32. The summed E-state index contributed by atoms with van der Waals surface area (Å²) in [5, 5.41) is 2.94. The first-order chi connectivity index (χ1) is 13.4. The van der Waals surface area contributed by atoms with E-state index >= 15 is 0 Å². The fourth-order valence-corrected chi connectivity index (χ4v) is 4.35. The Morgan fingerprint density at radius 2 is 1.79 bits per heavy atom. The van der Waals surface area contributed by atoms with Gasteiger partial charge in [0.25, 0.3) is 10.0 Å². The summed E-state index contributed by atoms with van der Waals surface area (Å²) in [6.07, 6.45) is 1.48. The zero-order valence-electron chi connectivity index (χ0n) is 16.1. The number of sulfonamides is 1. The molecule has 1 heterocycles. The lowest BCUT2D eigenvalue weighted by atomic mass is 9.98. The molecule has 2 aromatic rings. The van der Waals surface area contributed by atoms with E-state index in [2.05, 4.69) is 15.0 Å². The average Bonchev–Trinajstić information content (AvgIpc) is 2.96. The van der Waals surface area contributed by atoms with E-state index in [9.17, 15) is 13.2 Å². The summed E-state index contributed by atoms with van der Waals surface area (Å²) in [4.78, 5) is 17.5. The minimum Gasteiger partial charge on any atom is -0.354 e. The van der Waals surface area contributed by atoms with Crippen molar-refractivity contribution in [1.82, 2.24) is 10.0 Å². The van der Waals surface area contributed by atoms with Crippen LogP contribution in [0.4, 0.5) is 0 Å². The Kier molecular flexibility index (Phi) is 6.14. The zero-order chi connectivity index (χ0) is 20.1. The second kappa shape index (κ2) is 8.56. The molecule has 1 aliphatic rings. The topological polar surface area (TPSA) is 87.6 Å². The molecule has 6 nitrogen and oxygen atoms in total. The molecule has 148 valence electrons. The lowest BCUT2D eigenvalue weighted by Crippen LogP contribution is -2.40. The molecule has 3 rings (SSSR count). The molecule has 7 heteroatoms. The number of carbonyl (C=O) groups excluding carboxylic acids is 1. The second-order valence-corrected chi connectivity index (χ2v) is 8.59. The van der Waals surface area contributed by atoms with Crippen LogP contribution < -0.4 is 10.0 Å². The molecule has 0 saturated heterocycles. The Hall–Kier alpha value is -2.67. The van der Waals surface area contributed by atoms with Crippen LogP contribution in [0.1, 0.15) is 31.4 Å². The van der Waals surface area contributed by atoms with Crippen LogP contribution in [0.25, 0.3) is 0 Å². The summed E-state index contributed by atoms with van der Waals surface area (Å²) >= 11 is 0. The van der Waals surface area contributed by atoms with Gasteiger partial charge in [-0.05, 0) is 30.0 Å². The van der Waals surface area contributed by atoms with E-state index < -0.39 is 16.1 Å². The lowest BCUT2D eigenvalue weighted by Gasteiger charge is -2.19. The van der Waals surface area contributed by atoms with E-state index in [0.29, 0.717) is 12.1 Å². The molecule has 28 heavy (non-hydrogen) atoms. The van der Waals surface area contributed by atoms with Crippen LogP contribution >= 0.6 is 0 Å². The van der Waals surface area contributed by atoms with Gasteiger partial charge in [0.05, 0.1) is 4.90 Å². The van der Waals surface area contributed by atoms with Gasteiger partial charge >= 0.3 is 0 Å². The number of aliphatic imine (C=N–C) groups is 1. The second-order valence-electron chi connectivity index (χ2n) is 6.94. The SMILES string of the molecule is CC[C@H](C)[C@H](N=C1NS(=O)(=O)c2ccccc21)C(=O)NCCc1ccccc1. The van der Waals surface area contributed by atoms with Gasteiger partial charge in [-0.25, -0.2) is 8.42 Å². The van der Waals surface area contributed by atoms with Gasteiger partial charge in [-0.1, -0.05) is 62.7 Å². The summed E-state index contributed by atoms with van der Waals surface area (Å²) in [7, 11) is -3.62. The number of rotatable bonds is 7. The molecular weight excluding hydrogens is 374 g/mol. The fraction of sp³-hybridized carbons (Fsp3) is 0.333.